The molecular formula is C9H17NO. The minimum atomic E-state index is 0.408. The zero-order valence-corrected chi connectivity index (χ0v) is 7.68. The first-order valence-electron chi connectivity index (χ1n) is 4.10. The van der Waals surface area contributed by atoms with E-state index >= 15 is 0 Å². The van der Waals surface area contributed by atoms with Gasteiger partial charge >= 0.3 is 0 Å². The van der Waals surface area contributed by atoms with Gasteiger partial charge in [0, 0.05) is 0 Å². The second kappa shape index (κ2) is 5.09. The maximum atomic E-state index is 9.67. The Morgan fingerprint density at radius 1 is 1.27 bits per heavy atom. The van der Waals surface area contributed by atoms with E-state index in [9.17, 15) is 4.79 Å². The summed E-state index contributed by atoms with van der Waals surface area (Å²) in [6, 6.07) is 0. The number of carbonyl (C=O) groups excluding carboxylic acids is 1. The minimum Gasteiger partial charge on any atom is -0.211 e. The molecule has 0 saturated heterocycles. The van der Waals surface area contributed by atoms with Crippen molar-refractivity contribution in [3.05, 3.63) is 0 Å². The van der Waals surface area contributed by atoms with Crippen LogP contribution in [0.15, 0.2) is 4.99 Å². The molecule has 0 rings (SSSR count). The molecule has 2 nitrogen and oxygen atoms in total. The van der Waals surface area contributed by atoms with Crippen LogP contribution < -0.4 is 0 Å². The first-order valence-corrected chi connectivity index (χ1v) is 4.10. The van der Waals surface area contributed by atoms with Crippen LogP contribution in [0.5, 0.6) is 0 Å². The van der Waals surface area contributed by atoms with Crippen LogP contribution in [0.3, 0.4) is 0 Å². The van der Waals surface area contributed by atoms with E-state index in [4.69, 9.17) is 0 Å². The Morgan fingerprint density at radius 3 is 2.36 bits per heavy atom. The molecule has 0 spiro atoms. The van der Waals surface area contributed by atoms with E-state index in [1.807, 2.05) is 0 Å². The van der Waals surface area contributed by atoms with Crippen LogP contribution in [0.1, 0.15) is 40.0 Å². The van der Waals surface area contributed by atoms with Crippen molar-refractivity contribution in [2.24, 2.45) is 10.4 Å². The number of isocyanates is 1. The number of rotatable bonds is 4. The van der Waals surface area contributed by atoms with E-state index in [2.05, 4.69) is 25.8 Å². The van der Waals surface area contributed by atoms with Crippen LogP contribution in [0.25, 0.3) is 0 Å². The monoisotopic (exact) mass is 155 g/mol. The van der Waals surface area contributed by atoms with Crippen molar-refractivity contribution >= 4 is 6.08 Å². The Morgan fingerprint density at radius 2 is 1.91 bits per heavy atom. The third-order valence-corrected chi connectivity index (χ3v) is 1.51. The highest BCUT2D eigenvalue weighted by Gasteiger charge is 2.08. The molecule has 11 heavy (non-hydrogen) atoms. The molecule has 0 heterocycles. The van der Waals surface area contributed by atoms with Crippen LogP contribution in [0.4, 0.5) is 0 Å². The van der Waals surface area contributed by atoms with Gasteiger partial charge in [-0.2, -0.15) is 0 Å². The van der Waals surface area contributed by atoms with Crippen molar-refractivity contribution in [3.8, 4) is 0 Å². The molecule has 0 bridgehead atoms. The molecule has 0 aliphatic rings. The molecule has 0 amide bonds. The standard InChI is InChI=1S/C9H17NO/c1-9(2,3)6-4-5-7-10-8-11/h4-7H2,1-3H3. The van der Waals surface area contributed by atoms with Crippen LogP contribution in [-0.2, 0) is 4.79 Å². The van der Waals surface area contributed by atoms with Crippen LogP contribution in [-0.4, -0.2) is 12.6 Å². The van der Waals surface area contributed by atoms with Gasteiger partial charge in [-0.1, -0.05) is 27.2 Å². The molecule has 64 valence electrons. The first-order chi connectivity index (χ1) is 5.06. The summed E-state index contributed by atoms with van der Waals surface area (Å²) in [5, 5.41) is 0. The SMILES string of the molecule is CC(C)(C)CCCCN=C=O. The van der Waals surface area contributed by atoms with E-state index in [-0.39, 0.29) is 0 Å². The second-order valence-electron chi connectivity index (χ2n) is 3.99. The zero-order chi connectivity index (χ0) is 8.74. The summed E-state index contributed by atoms with van der Waals surface area (Å²) in [6.07, 6.45) is 4.89. The van der Waals surface area contributed by atoms with Crippen molar-refractivity contribution in [1.29, 1.82) is 0 Å². The summed E-state index contributed by atoms with van der Waals surface area (Å²) in [5.74, 6) is 0. The van der Waals surface area contributed by atoms with Crippen molar-refractivity contribution in [1.82, 2.24) is 0 Å². The summed E-state index contributed by atoms with van der Waals surface area (Å²) in [7, 11) is 0. The van der Waals surface area contributed by atoms with Gasteiger partial charge in [0.15, 0.2) is 0 Å². The third-order valence-electron chi connectivity index (χ3n) is 1.51. The molecule has 0 aromatic heterocycles. The maximum Gasteiger partial charge on any atom is 0.234 e. The minimum absolute atomic E-state index is 0.408. The average molecular weight is 155 g/mol. The fraction of sp³-hybridized carbons (Fsp3) is 0.889. The molecule has 0 N–H and O–H groups in total. The lowest BCUT2D eigenvalue weighted by Gasteiger charge is -2.16. The second-order valence-corrected chi connectivity index (χ2v) is 3.99. The topological polar surface area (TPSA) is 29.4 Å². The van der Waals surface area contributed by atoms with Crippen molar-refractivity contribution in [3.63, 3.8) is 0 Å². The third kappa shape index (κ3) is 9.38. The van der Waals surface area contributed by atoms with E-state index in [1.54, 1.807) is 6.08 Å². The summed E-state index contributed by atoms with van der Waals surface area (Å²) in [6.45, 7) is 7.29. The highest BCUT2D eigenvalue weighted by atomic mass is 16.1. The lowest BCUT2D eigenvalue weighted by Crippen LogP contribution is -2.04. The number of hydrogen-bond acceptors (Lipinski definition) is 2. The Labute approximate surface area is 68.7 Å². The smallest absolute Gasteiger partial charge is 0.211 e. The molecule has 0 radical (unpaired) electrons. The molecule has 0 unspecified atom stereocenters. The molecule has 0 aliphatic heterocycles. The fourth-order valence-corrected chi connectivity index (χ4v) is 0.892. The Kier molecular flexibility index (Phi) is 4.80. The van der Waals surface area contributed by atoms with Crippen molar-refractivity contribution < 1.29 is 4.79 Å². The quantitative estimate of drug-likeness (QED) is 0.348. The van der Waals surface area contributed by atoms with Gasteiger partial charge in [0.25, 0.3) is 0 Å². The normalized spacial score (nSPS) is 10.8. The molecular weight excluding hydrogens is 138 g/mol. The van der Waals surface area contributed by atoms with E-state index in [1.165, 1.54) is 6.42 Å². The number of aliphatic imine (C=N–C) groups is 1. The maximum absolute atomic E-state index is 9.67. The predicted octanol–water partition coefficient (Wildman–Crippen LogP) is 2.54. The van der Waals surface area contributed by atoms with Crippen LogP contribution in [0.2, 0.25) is 0 Å². The highest BCUT2D eigenvalue weighted by molar-refractivity contribution is 5.32. The molecule has 0 atom stereocenters. The van der Waals surface area contributed by atoms with Gasteiger partial charge < -0.3 is 0 Å². The van der Waals surface area contributed by atoms with E-state index in [0.717, 1.165) is 12.8 Å². The first kappa shape index (κ1) is 10.4. The predicted molar refractivity (Wildman–Crippen MR) is 46.3 cm³/mol. The molecule has 0 aromatic rings. The lowest BCUT2D eigenvalue weighted by molar-refractivity contribution is 0.361. The Balaban J connectivity index is 3.21. The van der Waals surface area contributed by atoms with E-state index in [0.29, 0.717) is 12.0 Å². The van der Waals surface area contributed by atoms with Gasteiger partial charge in [0.1, 0.15) is 0 Å². The molecule has 0 aromatic carbocycles. The largest absolute Gasteiger partial charge is 0.234 e. The van der Waals surface area contributed by atoms with Gasteiger partial charge in [-0.25, -0.2) is 9.79 Å². The summed E-state index contributed by atoms with van der Waals surface area (Å²) in [4.78, 5) is 13.2. The van der Waals surface area contributed by atoms with Crippen LogP contribution in [0, 0.1) is 5.41 Å². The highest BCUT2D eigenvalue weighted by Crippen LogP contribution is 2.21. The van der Waals surface area contributed by atoms with Gasteiger partial charge in [-0.3, -0.25) is 0 Å². The average Bonchev–Trinajstić information content (AvgIpc) is 1.85. The summed E-state index contributed by atoms with van der Waals surface area (Å²) >= 11 is 0. The summed E-state index contributed by atoms with van der Waals surface area (Å²) in [5.41, 5.74) is 0.408. The Bertz CT molecular complexity index is 140. The van der Waals surface area contributed by atoms with Crippen molar-refractivity contribution in [2.45, 2.75) is 40.0 Å². The number of unbranched alkanes of at least 4 members (excludes halogenated alkanes) is 1. The van der Waals surface area contributed by atoms with Crippen LogP contribution >= 0.6 is 0 Å². The van der Waals surface area contributed by atoms with Gasteiger partial charge in [0.05, 0.1) is 6.54 Å². The number of nitrogens with zero attached hydrogens (tertiary/aromatic N) is 1. The lowest BCUT2D eigenvalue weighted by atomic mass is 9.90. The summed E-state index contributed by atoms with van der Waals surface area (Å²) < 4.78 is 0. The van der Waals surface area contributed by atoms with E-state index < -0.39 is 0 Å². The van der Waals surface area contributed by atoms with Gasteiger partial charge in [-0.15, -0.1) is 0 Å². The van der Waals surface area contributed by atoms with Gasteiger partial charge in [0.2, 0.25) is 6.08 Å². The van der Waals surface area contributed by atoms with Crippen molar-refractivity contribution in [2.75, 3.05) is 6.54 Å². The van der Waals surface area contributed by atoms with Gasteiger partial charge in [-0.05, 0) is 18.3 Å². The molecule has 0 fully saturated rings. The molecule has 2 heteroatoms. The molecule has 0 saturated carbocycles. The Hall–Kier alpha value is -0.620. The fourth-order valence-electron chi connectivity index (χ4n) is 0.892. The molecule has 0 aliphatic carbocycles. The number of hydrogen-bond donors (Lipinski definition) is 0. The zero-order valence-electron chi connectivity index (χ0n) is 7.68.